The number of aromatic amines is 1. The molecule has 0 atom stereocenters. The number of carbonyl (C=O) groups excluding carboxylic acids is 1. The Hall–Kier alpha value is -3.70. The van der Waals surface area contributed by atoms with Crippen molar-refractivity contribution in [2.75, 3.05) is 32.7 Å². The van der Waals surface area contributed by atoms with E-state index in [2.05, 4.69) is 28.0 Å². The van der Waals surface area contributed by atoms with Gasteiger partial charge in [0.25, 0.3) is 11.5 Å². The minimum Gasteiger partial charge on any atom is -0.336 e. The van der Waals surface area contributed by atoms with E-state index < -0.39 is 0 Å². The molecular formula is C26H30N6O2. The van der Waals surface area contributed by atoms with Crippen molar-refractivity contribution in [1.29, 1.82) is 5.26 Å². The number of pyridine rings is 1. The van der Waals surface area contributed by atoms with Crippen LogP contribution in [0.15, 0.2) is 47.4 Å². The van der Waals surface area contributed by atoms with E-state index in [1.54, 1.807) is 36.5 Å². The zero-order chi connectivity index (χ0) is 24.1. The zero-order valence-corrected chi connectivity index (χ0v) is 19.8. The van der Waals surface area contributed by atoms with Gasteiger partial charge in [0.1, 0.15) is 0 Å². The van der Waals surface area contributed by atoms with Gasteiger partial charge in [-0.2, -0.15) is 5.26 Å². The third kappa shape index (κ3) is 5.10. The van der Waals surface area contributed by atoms with Crippen LogP contribution in [0.1, 0.15) is 47.7 Å². The first-order valence-corrected chi connectivity index (χ1v) is 11.8. The van der Waals surface area contributed by atoms with Gasteiger partial charge in [0, 0.05) is 38.4 Å². The molecule has 1 aliphatic heterocycles. The van der Waals surface area contributed by atoms with E-state index in [0.717, 1.165) is 38.3 Å². The molecule has 1 amide bonds. The Morgan fingerprint density at radius 3 is 2.56 bits per heavy atom. The number of nitrogens with one attached hydrogen (secondary N) is 1. The fourth-order valence-corrected chi connectivity index (χ4v) is 4.25. The van der Waals surface area contributed by atoms with Crippen molar-refractivity contribution >= 4 is 5.91 Å². The number of carbonyl (C=O) groups is 1. The van der Waals surface area contributed by atoms with E-state index in [1.807, 2.05) is 11.8 Å². The Kier molecular flexibility index (Phi) is 7.24. The quantitative estimate of drug-likeness (QED) is 0.548. The molecule has 1 aromatic carbocycles. The lowest BCUT2D eigenvalue weighted by atomic mass is 10.1. The van der Waals surface area contributed by atoms with Crippen LogP contribution in [-0.2, 0) is 0 Å². The maximum Gasteiger partial charge on any atom is 0.271 e. The number of amides is 1. The molecule has 1 fully saturated rings. The number of benzene rings is 1. The van der Waals surface area contributed by atoms with Gasteiger partial charge >= 0.3 is 0 Å². The number of hydrogen-bond acceptors (Lipinski definition) is 5. The van der Waals surface area contributed by atoms with Crippen molar-refractivity contribution in [3.8, 4) is 23.1 Å². The molecule has 34 heavy (non-hydrogen) atoms. The highest BCUT2D eigenvalue weighted by Crippen LogP contribution is 2.18. The van der Waals surface area contributed by atoms with Crippen LogP contribution in [-0.4, -0.2) is 63.2 Å². The molecule has 176 valence electrons. The number of rotatable bonds is 7. The van der Waals surface area contributed by atoms with E-state index >= 15 is 0 Å². The molecule has 3 aromatic rings. The summed E-state index contributed by atoms with van der Waals surface area (Å²) in [5.41, 5.74) is 3.48. The van der Waals surface area contributed by atoms with Gasteiger partial charge in [0.05, 0.1) is 34.3 Å². The first-order valence-electron chi connectivity index (χ1n) is 11.8. The monoisotopic (exact) mass is 458 g/mol. The number of unbranched alkanes of at least 4 members (excludes halogenated alkanes) is 2. The third-order valence-corrected chi connectivity index (χ3v) is 6.33. The van der Waals surface area contributed by atoms with Gasteiger partial charge in [-0.1, -0.05) is 19.8 Å². The molecule has 3 heterocycles. The number of H-pyrrole nitrogens is 1. The lowest BCUT2D eigenvalue weighted by Gasteiger charge is -2.34. The number of nitriles is 1. The molecule has 0 aliphatic carbocycles. The van der Waals surface area contributed by atoms with E-state index in [-0.39, 0.29) is 11.5 Å². The Bertz CT molecular complexity index is 1240. The van der Waals surface area contributed by atoms with Gasteiger partial charge < -0.3 is 4.90 Å². The molecule has 8 nitrogen and oxygen atoms in total. The second-order valence-electron chi connectivity index (χ2n) is 8.73. The molecule has 0 unspecified atom stereocenters. The molecule has 0 saturated carbocycles. The summed E-state index contributed by atoms with van der Waals surface area (Å²) in [7, 11) is 0. The summed E-state index contributed by atoms with van der Waals surface area (Å²) in [5, 5.41) is 12.2. The van der Waals surface area contributed by atoms with Crippen LogP contribution in [0.4, 0.5) is 0 Å². The predicted molar refractivity (Wildman–Crippen MR) is 131 cm³/mol. The van der Waals surface area contributed by atoms with Crippen molar-refractivity contribution in [2.45, 2.75) is 33.1 Å². The highest BCUT2D eigenvalue weighted by atomic mass is 16.2. The lowest BCUT2D eigenvalue weighted by Crippen LogP contribution is -2.48. The van der Waals surface area contributed by atoms with Crippen molar-refractivity contribution in [3.63, 3.8) is 0 Å². The van der Waals surface area contributed by atoms with Crippen LogP contribution in [0.3, 0.4) is 0 Å². The molecule has 8 heteroatoms. The second-order valence-corrected chi connectivity index (χ2v) is 8.73. The number of hydrogen-bond donors (Lipinski definition) is 1. The summed E-state index contributed by atoms with van der Waals surface area (Å²) in [6.45, 7) is 8.42. The highest BCUT2D eigenvalue weighted by molar-refractivity contribution is 5.94. The smallest absolute Gasteiger partial charge is 0.271 e. The number of nitrogens with zero attached hydrogens (tertiary/aromatic N) is 5. The van der Waals surface area contributed by atoms with Gasteiger partial charge in [-0.3, -0.25) is 24.6 Å². The maximum atomic E-state index is 12.9. The second kappa shape index (κ2) is 10.5. The van der Waals surface area contributed by atoms with Gasteiger partial charge in [-0.05, 0) is 55.8 Å². The topological polar surface area (TPSA) is 98.0 Å². The Labute approximate surface area is 199 Å². The summed E-state index contributed by atoms with van der Waals surface area (Å²) in [5.74, 6) is -0.00798. The Morgan fingerprint density at radius 2 is 1.91 bits per heavy atom. The van der Waals surface area contributed by atoms with Crippen LogP contribution in [0.2, 0.25) is 0 Å². The van der Waals surface area contributed by atoms with Crippen molar-refractivity contribution in [1.82, 2.24) is 24.6 Å². The minimum absolute atomic E-state index is 0.00798. The molecule has 4 rings (SSSR count). The first-order chi connectivity index (χ1) is 16.5. The fraction of sp³-hybridized carbons (Fsp3) is 0.385. The van der Waals surface area contributed by atoms with Crippen LogP contribution in [0.25, 0.3) is 17.1 Å². The fourth-order valence-electron chi connectivity index (χ4n) is 4.25. The predicted octanol–water partition coefficient (Wildman–Crippen LogP) is 3.36. The van der Waals surface area contributed by atoms with E-state index in [0.29, 0.717) is 28.2 Å². The SMILES string of the molecule is CCCCCN1CCN(C(=O)c2ccc(-c3cc(=O)n(-c4ccc(C#N)c(C)c4)[nH]3)nc2)CC1. The van der Waals surface area contributed by atoms with Crippen molar-refractivity contribution < 1.29 is 4.79 Å². The molecule has 0 bridgehead atoms. The standard InChI is InChI=1S/C26H30N6O2/c1-3-4-5-10-30-11-13-31(14-12-30)26(34)21-7-9-23(28-18-21)24-16-25(33)32(29-24)22-8-6-20(17-27)19(2)15-22/h6-9,15-16,18,29H,3-5,10-14H2,1-2H3. The number of aryl methyl sites for hydroxylation is 1. The third-order valence-electron chi connectivity index (χ3n) is 6.33. The van der Waals surface area contributed by atoms with E-state index in [1.165, 1.54) is 30.0 Å². The summed E-state index contributed by atoms with van der Waals surface area (Å²) < 4.78 is 1.42. The first kappa shape index (κ1) is 23.5. The van der Waals surface area contributed by atoms with Crippen LogP contribution in [0.5, 0.6) is 0 Å². The average Bonchev–Trinajstić information content (AvgIpc) is 3.26. The van der Waals surface area contributed by atoms with Gasteiger partial charge in [-0.15, -0.1) is 0 Å². The average molecular weight is 459 g/mol. The van der Waals surface area contributed by atoms with E-state index in [9.17, 15) is 9.59 Å². The van der Waals surface area contributed by atoms with Crippen LogP contribution in [0, 0.1) is 18.3 Å². The van der Waals surface area contributed by atoms with Crippen molar-refractivity contribution in [2.24, 2.45) is 0 Å². The normalized spacial score (nSPS) is 14.2. The van der Waals surface area contributed by atoms with Gasteiger partial charge in [-0.25, -0.2) is 4.68 Å². The van der Waals surface area contributed by atoms with Crippen molar-refractivity contribution in [3.05, 3.63) is 69.6 Å². The largest absolute Gasteiger partial charge is 0.336 e. The van der Waals surface area contributed by atoms with Crippen LogP contribution < -0.4 is 5.56 Å². The highest BCUT2D eigenvalue weighted by Gasteiger charge is 2.22. The molecule has 0 radical (unpaired) electrons. The molecular weight excluding hydrogens is 428 g/mol. The lowest BCUT2D eigenvalue weighted by molar-refractivity contribution is 0.0635. The number of aromatic nitrogens is 3. The molecule has 1 saturated heterocycles. The molecule has 2 aromatic heterocycles. The molecule has 1 N–H and O–H groups in total. The molecule has 1 aliphatic rings. The minimum atomic E-state index is -0.224. The zero-order valence-electron chi connectivity index (χ0n) is 19.8. The van der Waals surface area contributed by atoms with Gasteiger partial charge in [0.2, 0.25) is 0 Å². The summed E-state index contributed by atoms with van der Waals surface area (Å²) in [4.78, 5) is 34.2. The summed E-state index contributed by atoms with van der Waals surface area (Å²) in [6, 6.07) is 12.3. The van der Waals surface area contributed by atoms with E-state index in [4.69, 9.17) is 5.26 Å². The summed E-state index contributed by atoms with van der Waals surface area (Å²) in [6.07, 6.45) is 5.26. The Balaban J connectivity index is 1.43. The summed E-state index contributed by atoms with van der Waals surface area (Å²) >= 11 is 0. The molecule has 0 spiro atoms. The maximum absolute atomic E-state index is 12.9. The van der Waals surface area contributed by atoms with Gasteiger partial charge in [0.15, 0.2) is 0 Å². The Morgan fingerprint density at radius 1 is 1.12 bits per heavy atom. The number of piperazine rings is 1. The van der Waals surface area contributed by atoms with Crippen LogP contribution >= 0.6 is 0 Å².